The van der Waals surface area contributed by atoms with Crippen molar-refractivity contribution in [3.8, 4) is 0 Å². The Morgan fingerprint density at radius 1 is 0.810 bits per heavy atom. The molecule has 2 rings (SSSR count). The number of hydrogen-bond acceptors (Lipinski definition) is 0. The third-order valence-electron chi connectivity index (χ3n) is 3.45. The van der Waals surface area contributed by atoms with E-state index in [0.717, 1.165) is 0 Å². The molecule has 21 heavy (non-hydrogen) atoms. The van der Waals surface area contributed by atoms with Crippen LogP contribution in [0.2, 0.25) is 26.2 Å². The van der Waals surface area contributed by atoms with E-state index in [1.54, 1.807) is 10.4 Å². The van der Waals surface area contributed by atoms with Gasteiger partial charge in [0.15, 0.2) is 0 Å². The molecule has 2 aliphatic rings. The topological polar surface area (TPSA) is 0 Å². The zero-order chi connectivity index (χ0) is 14.3. The first-order valence-corrected chi connectivity index (χ1v) is 19.6. The van der Waals surface area contributed by atoms with Crippen LogP contribution < -0.4 is 24.8 Å². The quantitative estimate of drug-likeness (QED) is 0.327. The first kappa shape index (κ1) is 22.8. The Morgan fingerprint density at radius 2 is 1.14 bits per heavy atom. The van der Waals surface area contributed by atoms with E-state index in [0.29, 0.717) is 0 Å². The predicted molar refractivity (Wildman–Crippen MR) is 94.4 cm³/mol. The van der Waals surface area contributed by atoms with Gasteiger partial charge in [-0.05, 0) is 0 Å². The fraction of sp³-hybridized carbons (Fsp3) is 0.429. The van der Waals surface area contributed by atoms with Crippen molar-refractivity contribution >= 4 is 44.0 Å². The second-order valence-electron chi connectivity index (χ2n) is 6.07. The van der Waals surface area contributed by atoms with E-state index in [4.69, 9.17) is 0 Å². The van der Waals surface area contributed by atoms with Crippen LogP contribution in [0.25, 0.3) is 0 Å². The SMILES string of the molecule is C[Si](C)(Br)C1=[C]([Zr+2][C]2=C([Si](C)(C)Br)C=CC2)CC=C1.[Cl-].[Cl-]. The van der Waals surface area contributed by atoms with Gasteiger partial charge in [-0.15, -0.1) is 0 Å². The van der Waals surface area contributed by atoms with E-state index in [9.17, 15) is 0 Å². The standard InChI is InChI=1S/2C7H10BrSi.2ClH.Zr/c2*1-9(2,8)7-5-3-4-6-7;;;/h2*3,5H,4H2,1-2H3;2*1H;/q;;;;+2/p-2. The Labute approximate surface area is 170 Å². The summed E-state index contributed by atoms with van der Waals surface area (Å²) in [7, 11) is 0. The van der Waals surface area contributed by atoms with E-state index < -0.39 is 36.6 Å². The number of halogens is 4. The van der Waals surface area contributed by atoms with Crippen LogP contribution >= 0.6 is 30.6 Å². The summed E-state index contributed by atoms with van der Waals surface area (Å²) in [5.74, 6) is 0. The van der Waals surface area contributed by atoms with Gasteiger partial charge in [-0.1, -0.05) is 0 Å². The molecule has 0 spiro atoms. The van der Waals surface area contributed by atoms with Crippen LogP contribution in [-0.4, -0.2) is 13.4 Å². The van der Waals surface area contributed by atoms with Gasteiger partial charge < -0.3 is 24.8 Å². The third kappa shape index (κ3) is 5.99. The molecule has 0 nitrogen and oxygen atoms in total. The van der Waals surface area contributed by atoms with Gasteiger partial charge in [0.25, 0.3) is 0 Å². The molecule has 0 amide bonds. The molecule has 0 aromatic rings. The van der Waals surface area contributed by atoms with Crippen LogP contribution in [0.1, 0.15) is 12.8 Å². The van der Waals surface area contributed by atoms with Crippen LogP contribution in [0.4, 0.5) is 0 Å². The molecule has 7 heteroatoms. The Morgan fingerprint density at radius 3 is 1.43 bits per heavy atom. The summed E-state index contributed by atoms with van der Waals surface area (Å²) in [4.78, 5) is 0. The number of hydrogen-bond donors (Lipinski definition) is 0. The Kier molecular flexibility index (Phi) is 9.54. The molecule has 0 aromatic carbocycles. The molecule has 0 fully saturated rings. The van der Waals surface area contributed by atoms with Gasteiger partial charge in [0.05, 0.1) is 0 Å². The summed E-state index contributed by atoms with van der Waals surface area (Å²) < 4.78 is 3.64. The summed E-state index contributed by atoms with van der Waals surface area (Å²) in [5, 5.41) is 3.37. The van der Waals surface area contributed by atoms with Crippen LogP contribution in [0.5, 0.6) is 0 Å². The van der Waals surface area contributed by atoms with Crippen LogP contribution in [0, 0.1) is 0 Å². The van der Waals surface area contributed by atoms with Crippen LogP contribution in [0.15, 0.2) is 41.3 Å². The van der Waals surface area contributed by atoms with Crippen molar-refractivity contribution in [3.05, 3.63) is 41.3 Å². The van der Waals surface area contributed by atoms with Crippen LogP contribution in [-0.2, 0) is 23.2 Å². The zero-order valence-electron chi connectivity index (χ0n) is 12.7. The number of allylic oxidation sites excluding steroid dienone is 8. The van der Waals surface area contributed by atoms with Crippen molar-refractivity contribution in [3.63, 3.8) is 0 Å². The van der Waals surface area contributed by atoms with E-state index in [-0.39, 0.29) is 24.8 Å². The minimum atomic E-state index is -1.32. The molecule has 0 unspecified atom stereocenters. The van der Waals surface area contributed by atoms with Crippen molar-refractivity contribution < 1.29 is 48.0 Å². The minimum Gasteiger partial charge on any atom is -1.00 e. The predicted octanol–water partition coefficient (Wildman–Crippen LogP) is -0.217. The molecule has 0 aromatic heterocycles. The molecule has 116 valence electrons. The summed E-state index contributed by atoms with van der Waals surface area (Å²) in [6.45, 7) is 6.98. The average Bonchev–Trinajstić information content (AvgIpc) is 2.83. The van der Waals surface area contributed by atoms with E-state index >= 15 is 0 Å². The summed E-state index contributed by atoms with van der Waals surface area (Å²) in [6, 6.07) is 0. The van der Waals surface area contributed by atoms with Crippen molar-refractivity contribution in [1.29, 1.82) is 0 Å². The molecular formula is C14H20Br2Cl2Si2Zr. The molecule has 0 saturated carbocycles. The molecule has 0 N–H and O–H groups in total. The minimum absolute atomic E-state index is 0. The van der Waals surface area contributed by atoms with E-state index in [1.165, 1.54) is 12.8 Å². The van der Waals surface area contributed by atoms with E-state index in [1.807, 2.05) is 6.56 Å². The van der Waals surface area contributed by atoms with Gasteiger partial charge in [0.2, 0.25) is 0 Å². The smallest absolute Gasteiger partial charge is 1.00 e. The zero-order valence-corrected chi connectivity index (χ0v) is 21.9. The van der Waals surface area contributed by atoms with E-state index in [2.05, 4.69) is 81.1 Å². The van der Waals surface area contributed by atoms with Crippen molar-refractivity contribution in [2.24, 2.45) is 0 Å². The maximum Gasteiger partial charge on any atom is -1.00 e. The molecule has 0 atom stereocenters. The van der Waals surface area contributed by atoms with Gasteiger partial charge in [0, 0.05) is 0 Å². The van der Waals surface area contributed by atoms with Crippen molar-refractivity contribution in [1.82, 2.24) is 0 Å². The Balaban J connectivity index is 0.00000200. The van der Waals surface area contributed by atoms with Gasteiger partial charge in [0.1, 0.15) is 0 Å². The van der Waals surface area contributed by atoms with Gasteiger partial charge in [-0.3, -0.25) is 0 Å². The maximum atomic E-state index is 3.97. The second kappa shape index (κ2) is 8.78. The fourth-order valence-electron chi connectivity index (χ4n) is 2.54. The third-order valence-corrected chi connectivity index (χ3v) is 14.5. The first-order chi connectivity index (χ1) is 8.69. The first-order valence-electron chi connectivity index (χ1n) is 6.65. The molecule has 2 aliphatic carbocycles. The van der Waals surface area contributed by atoms with Gasteiger partial charge in [-0.25, -0.2) is 0 Å². The number of rotatable bonds is 4. The fourth-order valence-corrected chi connectivity index (χ4v) is 18.5. The van der Waals surface area contributed by atoms with Crippen molar-refractivity contribution in [2.75, 3.05) is 0 Å². The molecule has 0 bridgehead atoms. The van der Waals surface area contributed by atoms with Crippen molar-refractivity contribution in [2.45, 2.75) is 39.0 Å². The largest absolute Gasteiger partial charge is 1.00 e. The molecule has 0 heterocycles. The summed E-state index contributed by atoms with van der Waals surface area (Å²) in [5.41, 5.74) is 0. The summed E-state index contributed by atoms with van der Waals surface area (Å²) in [6.07, 6.45) is 12.0. The Hall–Kier alpha value is 1.82. The summed E-state index contributed by atoms with van der Waals surface area (Å²) >= 11 is 7.38. The Bertz CT molecular complexity index is 466. The average molecular weight is 566 g/mol. The molecule has 0 saturated heterocycles. The molecular weight excluding hydrogens is 546 g/mol. The maximum absolute atomic E-state index is 3.97. The van der Waals surface area contributed by atoms with Gasteiger partial charge >= 0.3 is 147 Å². The van der Waals surface area contributed by atoms with Gasteiger partial charge in [-0.2, -0.15) is 0 Å². The molecule has 0 aliphatic heterocycles. The van der Waals surface area contributed by atoms with Crippen LogP contribution in [0.3, 0.4) is 0 Å². The second-order valence-corrected chi connectivity index (χ2v) is 28.5. The normalized spacial score (nSPS) is 17.8. The monoisotopic (exact) mass is 562 g/mol. The molecule has 0 radical (unpaired) electrons.